The second-order valence-corrected chi connectivity index (χ2v) is 9.85. The van der Waals surface area contributed by atoms with Crippen molar-refractivity contribution in [3.05, 3.63) is 104 Å². The van der Waals surface area contributed by atoms with E-state index in [-0.39, 0.29) is 20.4 Å². The van der Waals surface area contributed by atoms with E-state index in [2.05, 4.69) is 62.3 Å². The van der Waals surface area contributed by atoms with Gasteiger partial charge in [0.05, 0.1) is 11.4 Å². The van der Waals surface area contributed by atoms with Crippen LogP contribution in [0.2, 0.25) is 0 Å². The summed E-state index contributed by atoms with van der Waals surface area (Å²) in [6, 6.07) is 19.0. The number of hydrogen-bond acceptors (Lipinski definition) is 6. The summed E-state index contributed by atoms with van der Waals surface area (Å²) in [4.78, 5) is 11.4. The Morgan fingerprint density at radius 2 is 1.25 bits per heavy atom. The van der Waals surface area contributed by atoms with Gasteiger partial charge in [0.1, 0.15) is 0 Å². The van der Waals surface area contributed by atoms with E-state index < -0.39 is 11.3 Å². The molecule has 0 bridgehead atoms. The van der Waals surface area contributed by atoms with E-state index in [0.29, 0.717) is 10.8 Å². The number of thiocarbonyl (C=S) groups is 1. The first-order valence-electron chi connectivity index (χ1n) is 13.2. The Morgan fingerprint density at radius 3 is 1.73 bits per heavy atom. The Labute approximate surface area is 281 Å². The van der Waals surface area contributed by atoms with Crippen molar-refractivity contribution in [1.29, 1.82) is 0 Å². The van der Waals surface area contributed by atoms with Crippen molar-refractivity contribution in [3.8, 4) is 0 Å². The topological polar surface area (TPSA) is 165 Å². The molecular formula is C30H35N6O5ReS2-. The molecule has 0 aliphatic rings. The average molecular weight is 810 g/mol. The van der Waals surface area contributed by atoms with Crippen LogP contribution in [0.4, 0.5) is 11.4 Å². The van der Waals surface area contributed by atoms with E-state index >= 15 is 0 Å². The van der Waals surface area contributed by atoms with Gasteiger partial charge in [-0.05, 0) is 80.1 Å². The van der Waals surface area contributed by atoms with Gasteiger partial charge >= 0.3 is 33.9 Å². The number of nitrogens with one attached hydrogen (secondary N) is 3. The minimum atomic E-state index is -2.33. The van der Waals surface area contributed by atoms with E-state index in [0.717, 1.165) is 62.5 Å². The predicted octanol–water partition coefficient (Wildman–Crippen LogP) is 4.90. The predicted molar refractivity (Wildman–Crippen MR) is 165 cm³/mol. The van der Waals surface area contributed by atoms with Gasteiger partial charge in [0.15, 0.2) is 5.11 Å². The smallest absolute Gasteiger partial charge is 0 e. The molecule has 0 saturated heterocycles. The van der Waals surface area contributed by atoms with Crippen LogP contribution in [0.15, 0.2) is 73.1 Å². The van der Waals surface area contributed by atoms with Crippen molar-refractivity contribution in [1.82, 2.24) is 20.2 Å². The molecule has 3 rings (SSSR count). The molecule has 0 fully saturated rings. The molecule has 3 N–H and O–H groups in total. The SMILES string of the molecule is O=S([O-])Nc1ccc(NC(=S)NCCCCCCCCN(Cc2ccccn2)Cc2ccccn2)cc1.[C-]#[O+].[C-]#[O+].[C-]#[O+].[Re]. The zero-order valence-corrected chi connectivity index (χ0v) is 28.4. The number of benzene rings is 1. The molecule has 0 aliphatic heterocycles. The van der Waals surface area contributed by atoms with Crippen LogP contribution < -0.4 is 15.4 Å². The van der Waals surface area contributed by atoms with Crippen molar-refractivity contribution in [2.45, 2.75) is 51.6 Å². The normalized spacial score (nSPS) is 10.0. The molecule has 1 atom stereocenters. The molecule has 0 spiro atoms. The number of pyridine rings is 2. The summed E-state index contributed by atoms with van der Waals surface area (Å²) in [5.41, 5.74) is 3.49. The quantitative estimate of drug-likeness (QED) is 0.0605. The minimum absolute atomic E-state index is 0. The molecule has 1 aromatic carbocycles. The summed E-state index contributed by atoms with van der Waals surface area (Å²) in [6.45, 7) is 17.0. The number of rotatable bonds is 16. The maximum Gasteiger partial charge on any atom is 0 e. The van der Waals surface area contributed by atoms with Gasteiger partial charge < -0.3 is 19.9 Å². The van der Waals surface area contributed by atoms with Crippen LogP contribution in [0.1, 0.15) is 49.9 Å². The van der Waals surface area contributed by atoms with Crippen LogP contribution in [-0.4, -0.2) is 41.8 Å². The number of aromatic nitrogens is 2. The molecule has 1 unspecified atom stereocenters. The fourth-order valence-corrected chi connectivity index (χ4v) is 4.47. The van der Waals surface area contributed by atoms with E-state index in [1.165, 1.54) is 19.3 Å². The van der Waals surface area contributed by atoms with E-state index in [4.69, 9.17) is 26.2 Å². The maximum atomic E-state index is 10.7. The third-order valence-corrected chi connectivity index (χ3v) is 6.40. The van der Waals surface area contributed by atoms with E-state index in [1.807, 2.05) is 36.7 Å². The Morgan fingerprint density at radius 1 is 0.773 bits per heavy atom. The number of hydrogen-bond donors (Lipinski definition) is 3. The number of unbranched alkanes of at least 4 members (excludes halogenated alkanes) is 5. The van der Waals surface area contributed by atoms with Crippen LogP contribution in [-0.2, 0) is 58.7 Å². The molecule has 2 aromatic heterocycles. The molecular weight excluding hydrogens is 775 g/mol. The Bertz CT molecular complexity index is 1160. The van der Waals surface area contributed by atoms with Crippen molar-refractivity contribution in [2.24, 2.45) is 0 Å². The fourth-order valence-electron chi connectivity index (χ4n) is 3.92. The summed E-state index contributed by atoms with van der Waals surface area (Å²) in [5.74, 6) is 0. The van der Waals surface area contributed by atoms with Gasteiger partial charge in [0.25, 0.3) is 0 Å². The second kappa shape index (κ2) is 30.0. The molecule has 1 radical (unpaired) electrons. The van der Waals surface area contributed by atoms with E-state index in [9.17, 15) is 8.76 Å². The summed E-state index contributed by atoms with van der Waals surface area (Å²) in [6.07, 6.45) is 10.7. The molecule has 3 aromatic rings. The van der Waals surface area contributed by atoms with Gasteiger partial charge in [-0.2, -0.15) is 0 Å². The summed E-state index contributed by atoms with van der Waals surface area (Å²) in [7, 11) is 0. The largest absolute Gasteiger partial charge is 0 e. The second-order valence-electron chi connectivity index (χ2n) is 8.77. The van der Waals surface area contributed by atoms with Crippen molar-refractivity contribution in [2.75, 3.05) is 23.1 Å². The number of nitrogens with zero attached hydrogens (tertiary/aromatic N) is 3. The van der Waals surface area contributed by atoms with Gasteiger partial charge in [-0.15, -0.1) is 0 Å². The number of anilines is 2. The molecule has 44 heavy (non-hydrogen) atoms. The van der Waals surface area contributed by atoms with Crippen LogP contribution in [0, 0.1) is 20.0 Å². The van der Waals surface area contributed by atoms with Crippen LogP contribution in [0.5, 0.6) is 0 Å². The zero-order valence-electron chi connectivity index (χ0n) is 24.1. The summed E-state index contributed by atoms with van der Waals surface area (Å²) in [5, 5.41) is 6.90. The first-order valence-corrected chi connectivity index (χ1v) is 14.7. The monoisotopic (exact) mass is 810 g/mol. The van der Waals surface area contributed by atoms with Gasteiger partial charge in [-0.3, -0.25) is 19.1 Å². The van der Waals surface area contributed by atoms with Crippen LogP contribution >= 0.6 is 12.2 Å². The molecule has 0 aliphatic carbocycles. The first kappa shape index (κ1) is 43.1. The minimum Gasteiger partial charge on any atom is 0 e. The van der Waals surface area contributed by atoms with Gasteiger partial charge in [0, 0.05) is 75.1 Å². The molecule has 0 saturated carbocycles. The molecule has 11 nitrogen and oxygen atoms in total. The third-order valence-electron chi connectivity index (χ3n) is 5.75. The zero-order chi connectivity index (χ0) is 32.1. The summed E-state index contributed by atoms with van der Waals surface area (Å²) < 4.78 is 46.1. The summed E-state index contributed by atoms with van der Waals surface area (Å²) >= 11 is 3.02. The van der Waals surface area contributed by atoms with Crippen molar-refractivity contribution >= 4 is 40.0 Å². The molecule has 14 heteroatoms. The molecule has 0 amide bonds. The Balaban J connectivity index is 0. The van der Waals surface area contributed by atoms with Gasteiger partial charge in [-0.25, -0.2) is 0 Å². The standard InChI is InChI=1S/C27H36N6O2S2.3CO.Re/c34-37(35)32-24-15-13-23(14-16-24)31-27(36)30-19-7-3-1-2-4-10-20-33(21-25-11-5-8-17-28-25)22-26-12-6-9-18-29-26;3*1-2;/h5-6,8-9,11-18,32H,1-4,7,10,19-22H2,(H,34,35)(H2,30,31,36);;;;/p-1. The Kier molecular flexibility index (Phi) is 29.4. The maximum absolute atomic E-state index is 10.7. The average Bonchev–Trinajstić information content (AvgIpc) is 3.05. The third kappa shape index (κ3) is 21.6. The first-order chi connectivity index (χ1) is 21.1. The molecule has 2 heterocycles. The molecule has 235 valence electrons. The van der Waals surface area contributed by atoms with Crippen molar-refractivity contribution < 1.29 is 43.1 Å². The van der Waals surface area contributed by atoms with Gasteiger partial charge in [-0.1, -0.05) is 37.8 Å². The Hall–Kier alpha value is -3.04. The van der Waals surface area contributed by atoms with Crippen LogP contribution in [0.3, 0.4) is 0 Å². The fraction of sp³-hybridized carbons (Fsp3) is 0.333. The van der Waals surface area contributed by atoms with Crippen LogP contribution in [0.25, 0.3) is 0 Å². The van der Waals surface area contributed by atoms with E-state index in [1.54, 1.807) is 24.3 Å². The van der Waals surface area contributed by atoms with Crippen molar-refractivity contribution in [3.63, 3.8) is 0 Å². The van der Waals surface area contributed by atoms with Gasteiger partial charge in [0.2, 0.25) is 0 Å².